The monoisotopic (exact) mass is 608 g/mol. The molecule has 0 unspecified atom stereocenters. The van der Waals surface area contributed by atoms with Crippen molar-refractivity contribution in [1.82, 2.24) is 0 Å². The summed E-state index contributed by atoms with van der Waals surface area (Å²) in [5, 5.41) is 22.8. The minimum Gasteiger partial charge on any atom is -0.465 e. The molecule has 230 valence electrons. The van der Waals surface area contributed by atoms with Gasteiger partial charge in [-0.1, -0.05) is 45.7 Å². The number of ether oxygens (including phenoxy) is 1. The fraction of sp³-hybridized carbons (Fsp3) is 0.788. The van der Waals surface area contributed by atoms with Crippen LogP contribution in [0.15, 0.2) is 29.2 Å². The number of carbonyl (C=O) groups excluding carboxylic acids is 1. The highest BCUT2D eigenvalue weighted by molar-refractivity contribution is 7.92. The molecule has 41 heavy (non-hydrogen) atoms. The third-order valence-electron chi connectivity index (χ3n) is 12.5. The molecule has 0 amide bonds. The van der Waals surface area contributed by atoms with Crippen LogP contribution in [0.25, 0.3) is 0 Å². The topological polar surface area (TPSA) is 101 Å². The number of esters is 1. The number of rotatable bonds is 8. The van der Waals surface area contributed by atoms with Gasteiger partial charge in [0.05, 0.1) is 23.7 Å². The molecule has 11 atom stereocenters. The number of carbonyl (C=O) groups is 1. The normalized spacial score (nSPS) is 41.1. The summed E-state index contributed by atoms with van der Waals surface area (Å²) < 4.78 is 30.6. The van der Waals surface area contributed by atoms with Crippen LogP contribution in [-0.4, -0.2) is 49.2 Å². The van der Waals surface area contributed by atoms with Gasteiger partial charge in [0.15, 0.2) is 15.6 Å². The summed E-state index contributed by atoms with van der Waals surface area (Å²) in [5.74, 6) is 1.35. The van der Waals surface area contributed by atoms with Crippen LogP contribution in [0.5, 0.6) is 0 Å². The summed E-state index contributed by atoms with van der Waals surface area (Å²) in [5.41, 5.74) is 0.328. The lowest BCUT2D eigenvalue weighted by molar-refractivity contribution is -0.203. The number of aliphatic hydroxyl groups excluding tert-OH is 2. The fourth-order valence-electron chi connectivity index (χ4n) is 10.4. The highest BCUT2D eigenvalue weighted by Crippen LogP contribution is 2.69. The second kappa shape index (κ2) is 11.7. The third kappa shape index (κ3) is 5.62. The standard InChI is InChI=1S/C33H49ClO6S/c1-5-24-28-18-22(35)12-15-33(28,4)27-13-16-32(3)25(10-11-26(32)30(27)31(24)37)20(2)14-17-40-29(36)19-41(38,39)23-8-6-21(34)7-9-23/h6-9,20,22,24-28,30-31,35,37H,5,10-19H2,1-4H3/t20-,22-,24-,25-,26+,27+,28+,30+,31-,32-,33-/m1/s1. The number of aliphatic hydroxyl groups is 2. The maximum Gasteiger partial charge on any atom is 0.321 e. The van der Waals surface area contributed by atoms with E-state index in [1.165, 1.54) is 24.3 Å². The molecule has 0 aliphatic heterocycles. The minimum absolute atomic E-state index is 0.0625. The second-order valence-electron chi connectivity index (χ2n) is 14.3. The van der Waals surface area contributed by atoms with Gasteiger partial charge in [0.25, 0.3) is 0 Å². The van der Waals surface area contributed by atoms with Crippen molar-refractivity contribution in [3.8, 4) is 0 Å². The van der Waals surface area contributed by atoms with E-state index in [1.54, 1.807) is 0 Å². The van der Waals surface area contributed by atoms with Crippen molar-refractivity contribution in [2.24, 2.45) is 52.3 Å². The molecule has 4 aliphatic carbocycles. The van der Waals surface area contributed by atoms with E-state index >= 15 is 0 Å². The van der Waals surface area contributed by atoms with Crippen LogP contribution in [0.1, 0.15) is 85.5 Å². The first-order chi connectivity index (χ1) is 19.3. The minimum atomic E-state index is -3.78. The SMILES string of the molecule is CC[C@H]1[C@@H](O)[C@@H]2[C@H](CC[C@]3(C)[C@@H]([C@H](C)CCOC(=O)CS(=O)(=O)c4ccc(Cl)cc4)CC[C@@H]23)[C@@]2(C)CC[C@@H](O)C[C@@H]12. The number of hydrogen-bond donors (Lipinski definition) is 2. The van der Waals surface area contributed by atoms with Gasteiger partial charge in [0.2, 0.25) is 0 Å². The predicted molar refractivity (Wildman–Crippen MR) is 160 cm³/mol. The van der Waals surface area contributed by atoms with Crippen LogP contribution in [0, 0.1) is 52.3 Å². The Bertz CT molecular complexity index is 1200. The predicted octanol–water partition coefficient (Wildman–Crippen LogP) is 6.31. The molecule has 5 rings (SSSR count). The average Bonchev–Trinajstić information content (AvgIpc) is 3.27. The van der Waals surface area contributed by atoms with Gasteiger partial charge in [-0.15, -0.1) is 0 Å². The second-order valence-corrected chi connectivity index (χ2v) is 16.7. The zero-order chi connectivity index (χ0) is 29.7. The third-order valence-corrected chi connectivity index (χ3v) is 14.3. The molecule has 4 saturated carbocycles. The van der Waals surface area contributed by atoms with Crippen LogP contribution in [-0.2, 0) is 19.4 Å². The fourth-order valence-corrected chi connectivity index (χ4v) is 11.7. The maximum absolute atomic E-state index is 12.6. The lowest BCUT2D eigenvalue weighted by Gasteiger charge is -2.64. The Labute approximate surface area is 251 Å². The van der Waals surface area contributed by atoms with E-state index in [-0.39, 0.29) is 40.5 Å². The van der Waals surface area contributed by atoms with Crippen molar-refractivity contribution in [2.75, 3.05) is 12.4 Å². The first kappa shape index (κ1) is 31.3. The molecule has 0 heterocycles. The van der Waals surface area contributed by atoms with Crippen molar-refractivity contribution >= 4 is 27.4 Å². The van der Waals surface area contributed by atoms with Gasteiger partial charge >= 0.3 is 5.97 Å². The van der Waals surface area contributed by atoms with E-state index in [4.69, 9.17) is 16.3 Å². The van der Waals surface area contributed by atoms with Crippen LogP contribution in [0.3, 0.4) is 0 Å². The number of sulfone groups is 1. The van der Waals surface area contributed by atoms with Crippen LogP contribution in [0.4, 0.5) is 0 Å². The molecular weight excluding hydrogens is 560 g/mol. The van der Waals surface area contributed by atoms with Crippen LogP contribution in [0.2, 0.25) is 5.02 Å². The molecule has 6 nitrogen and oxygen atoms in total. The Morgan fingerprint density at radius 1 is 1.02 bits per heavy atom. The van der Waals surface area contributed by atoms with Crippen molar-refractivity contribution in [3.63, 3.8) is 0 Å². The Kier molecular flexibility index (Phi) is 8.96. The Hall–Kier alpha value is -1.15. The summed E-state index contributed by atoms with van der Waals surface area (Å²) in [4.78, 5) is 12.5. The smallest absolute Gasteiger partial charge is 0.321 e. The Morgan fingerprint density at radius 2 is 1.68 bits per heavy atom. The van der Waals surface area contributed by atoms with E-state index < -0.39 is 21.6 Å². The van der Waals surface area contributed by atoms with E-state index in [2.05, 4.69) is 27.7 Å². The first-order valence-corrected chi connectivity index (χ1v) is 17.8. The molecule has 1 aromatic rings. The lowest BCUT2D eigenvalue weighted by atomic mass is 9.41. The summed E-state index contributed by atoms with van der Waals surface area (Å²) in [6.45, 7) is 9.57. The number of hydrogen-bond acceptors (Lipinski definition) is 6. The van der Waals surface area contributed by atoms with E-state index in [0.717, 1.165) is 51.4 Å². The van der Waals surface area contributed by atoms with Crippen molar-refractivity contribution in [1.29, 1.82) is 0 Å². The van der Waals surface area contributed by atoms with Crippen LogP contribution < -0.4 is 0 Å². The molecule has 0 radical (unpaired) electrons. The molecule has 0 saturated heterocycles. The molecule has 1 aromatic carbocycles. The van der Waals surface area contributed by atoms with E-state index in [0.29, 0.717) is 47.0 Å². The largest absolute Gasteiger partial charge is 0.465 e. The molecule has 0 aromatic heterocycles. The molecule has 8 heteroatoms. The van der Waals surface area contributed by atoms with Crippen molar-refractivity contribution in [2.45, 2.75) is 103 Å². The first-order valence-electron chi connectivity index (χ1n) is 15.8. The lowest BCUT2D eigenvalue weighted by Crippen LogP contribution is -2.62. The Morgan fingerprint density at radius 3 is 2.37 bits per heavy atom. The van der Waals surface area contributed by atoms with Gasteiger partial charge in [-0.2, -0.15) is 0 Å². The summed E-state index contributed by atoms with van der Waals surface area (Å²) in [6, 6.07) is 5.81. The Balaban J connectivity index is 1.22. The summed E-state index contributed by atoms with van der Waals surface area (Å²) in [6.07, 6.45) is 8.42. The highest BCUT2D eigenvalue weighted by Gasteiger charge is 2.64. The zero-order valence-electron chi connectivity index (χ0n) is 25.1. The molecule has 4 aliphatic rings. The van der Waals surface area contributed by atoms with E-state index in [9.17, 15) is 23.4 Å². The van der Waals surface area contributed by atoms with Gasteiger partial charge < -0.3 is 14.9 Å². The van der Waals surface area contributed by atoms with Gasteiger partial charge in [0.1, 0.15) is 0 Å². The van der Waals surface area contributed by atoms with Gasteiger partial charge in [-0.3, -0.25) is 4.79 Å². The molecule has 0 spiro atoms. The van der Waals surface area contributed by atoms with Gasteiger partial charge in [-0.25, -0.2) is 8.42 Å². The number of fused-ring (bicyclic) bond motifs is 5. The maximum atomic E-state index is 12.6. The zero-order valence-corrected chi connectivity index (χ0v) is 26.7. The summed E-state index contributed by atoms with van der Waals surface area (Å²) >= 11 is 5.86. The molecular formula is C33H49ClO6S. The highest BCUT2D eigenvalue weighted by atomic mass is 35.5. The van der Waals surface area contributed by atoms with Gasteiger partial charge in [0, 0.05) is 5.02 Å². The van der Waals surface area contributed by atoms with E-state index in [1.807, 2.05) is 0 Å². The molecule has 4 fully saturated rings. The van der Waals surface area contributed by atoms with Crippen molar-refractivity contribution in [3.05, 3.63) is 29.3 Å². The molecule has 2 N–H and O–H groups in total. The average molecular weight is 609 g/mol. The summed E-state index contributed by atoms with van der Waals surface area (Å²) in [7, 11) is -3.78. The van der Waals surface area contributed by atoms with Crippen molar-refractivity contribution < 1.29 is 28.2 Å². The van der Waals surface area contributed by atoms with Crippen LogP contribution >= 0.6 is 11.6 Å². The molecule has 0 bridgehead atoms. The number of benzene rings is 1. The quantitative estimate of drug-likeness (QED) is 0.335. The van der Waals surface area contributed by atoms with Gasteiger partial charge in [-0.05, 0) is 128 Å². The number of halogens is 1.